The van der Waals surface area contributed by atoms with Crippen molar-refractivity contribution < 1.29 is 23.9 Å². The lowest BCUT2D eigenvalue weighted by atomic mass is 9.98. The number of hydrogen-bond donors (Lipinski definition) is 1. The van der Waals surface area contributed by atoms with Crippen LogP contribution >= 0.6 is 0 Å². The van der Waals surface area contributed by atoms with Crippen LogP contribution in [-0.2, 0) is 22.4 Å². The summed E-state index contributed by atoms with van der Waals surface area (Å²) in [5.41, 5.74) is 3.52. The van der Waals surface area contributed by atoms with Crippen LogP contribution in [0.2, 0.25) is 0 Å². The van der Waals surface area contributed by atoms with Gasteiger partial charge in [0.05, 0.1) is 12.7 Å². The van der Waals surface area contributed by atoms with Crippen molar-refractivity contribution in [2.75, 3.05) is 19.0 Å². The monoisotopic (exact) mass is 445 g/mol. The van der Waals surface area contributed by atoms with E-state index in [-0.39, 0.29) is 16.9 Å². The van der Waals surface area contributed by atoms with Gasteiger partial charge in [-0.25, -0.2) is 4.79 Å². The number of ketones is 1. The van der Waals surface area contributed by atoms with Gasteiger partial charge in [-0.05, 0) is 54.3 Å². The van der Waals surface area contributed by atoms with Crippen LogP contribution < -0.4 is 10.1 Å². The van der Waals surface area contributed by atoms with Crippen LogP contribution in [0.5, 0.6) is 5.75 Å². The molecule has 0 spiro atoms. The van der Waals surface area contributed by atoms with E-state index in [0.29, 0.717) is 11.3 Å². The van der Waals surface area contributed by atoms with Gasteiger partial charge < -0.3 is 14.8 Å². The maximum atomic E-state index is 13.0. The second-order valence-corrected chi connectivity index (χ2v) is 7.39. The molecule has 0 bridgehead atoms. The molecule has 3 aromatic rings. The summed E-state index contributed by atoms with van der Waals surface area (Å²) in [7, 11) is 1.54. The molecule has 0 heterocycles. The van der Waals surface area contributed by atoms with Crippen LogP contribution in [0.15, 0.2) is 66.7 Å². The Morgan fingerprint density at radius 1 is 0.788 bits per heavy atom. The van der Waals surface area contributed by atoms with E-state index in [9.17, 15) is 14.4 Å². The van der Waals surface area contributed by atoms with Crippen molar-refractivity contribution in [1.29, 1.82) is 0 Å². The summed E-state index contributed by atoms with van der Waals surface area (Å²) in [5, 5.41) is 2.87. The summed E-state index contributed by atoms with van der Waals surface area (Å²) in [6, 6.07) is 18.9. The minimum Gasteiger partial charge on any atom is -0.497 e. The highest BCUT2D eigenvalue weighted by Gasteiger charge is 2.20. The quantitative estimate of drug-likeness (QED) is 0.376. The van der Waals surface area contributed by atoms with Gasteiger partial charge in [0.15, 0.2) is 12.4 Å². The standard InChI is InChI=1S/C27H27NO5/c1-4-18-9-8-10-19(5-2)25(18)28-24(29)17-33-27(31)23-12-7-6-11-22(23)26(30)20-13-15-21(32-3)16-14-20/h6-16H,4-5,17H2,1-3H3,(H,28,29). The van der Waals surface area contributed by atoms with E-state index in [0.717, 1.165) is 29.7 Å². The first kappa shape index (κ1) is 23.7. The number of benzene rings is 3. The highest BCUT2D eigenvalue weighted by atomic mass is 16.5. The molecule has 6 nitrogen and oxygen atoms in total. The third-order valence-corrected chi connectivity index (χ3v) is 5.34. The average molecular weight is 446 g/mol. The number of amides is 1. The molecule has 0 aliphatic heterocycles. The first-order chi connectivity index (χ1) is 16.0. The molecule has 170 valence electrons. The van der Waals surface area contributed by atoms with Crippen molar-refractivity contribution in [1.82, 2.24) is 0 Å². The number of nitrogens with one attached hydrogen (secondary N) is 1. The zero-order chi connectivity index (χ0) is 23.8. The summed E-state index contributed by atoms with van der Waals surface area (Å²) in [6.45, 7) is 3.58. The topological polar surface area (TPSA) is 81.7 Å². The molecule has 0 aliphatic carbocycles. The van der Waals surface area contributed by atoms with E-state index in [4.69, 9.17) is 9.47 Å². The molecule has 6 heteroatoms. The smallest absolute Gasteiger partial charge is 0.339 e. The Kier molecular flexibility index (Phi) is 7.97. The number of anilines is 1. The number of esters is 1. The van der Waals surface area contributed by atoms with Gasteiger partial charge in [0.25, 0.3) is 5.91 Å². The van der Waals surface area contributed by atoms with Gasteiger partial charge in [0.2, 0.25) is 0 Å². The predicted octanol–water partition coefficient (Wildman–Crippen LogP) is 4.85. The van der Waals surface area contributed by atoms with Crippen LogP contribution in [-0.4, -0.2) is 31.4 Å². The number of rotatable bonds is 9. The molecule has 33 heavy (non-hydrogen) atoms. The van der Waals surface area contributed by atoms with Crippen molar-refractivity contribution in [2.24, 2.45) is 0 Å². The van der Waals surface area contributed by atoms with Gasteiger partial charge >= 0.3 is 5.97 Å². The van der Waals surface area contributed by atoms with Crippen molar-refractivity contribution in [3.8, 4) is 5.75 Å². The van der Waals surface area contributed by atoms with Crippen molar-refractivity contribution in [3.63, 3.8) is 0 Å². The van der Waals surface area contributed by atoms with Crippen LogP contribution in [0.4, 0.5) is 5.69 Å². The molecule has 1 N–H and O–H groups in total. The van der Waals surface area contributed by atoms with Crippen LogP contribution in [0.3, 0.4) is 0 Å². The summed E-state index contributed by atoms with van der Waals surface area (Å²) >= 11 is 0. The second-order valence-electron chi connectivity index (χ2n) is 7.39. The normalized spacial score (nSPS) is 10.4. The van der Waals surface area contributed by atoms with Gasteiger partial charge in [-0.15, -0.1) is 0 Å². The molecule has 0 unspecified atom stereocenters. The SMILES string of the molecule is CCc1cccc(CC)c1NC(=O)COC(=O)c1ccccc1C(=O)c1ccc(OC)cc1. The molecule has 0 atom stereocenters. The van der Waals surface area contributed by atoms with Crippen LogP contribution in [0.1, 0.15) is 51.3 Å². The number of aryl methyl sites for hydroxylation is 2. The number of methoxy groups -OCH3 is 1. The fourth-order valence-electron chi connectivity index (χ4n) is 3.54. The zero-order valence-electron chi connectivity index (χ0n) is 19.0. The lowest BCUT2D eigenvalue weighted by molar-refractivity contribution is -0.119. The lowest BCUT2D eigenvalue weighted by Crippen LogP contribution is -2.23. The fraction of sp³-hybridized carbons (Fsp3) is 0.222. The fourth-order valence-corrected chi connectivity index (χ4v) is 3.54. The Labute approximate surface area is 193 Å². The maximum absolute atomic E-state index is 13.0. The molecule has 0 fully saturated rings. The largest absolute Gasteiger partial charge is 0.497 e. The summed E-state index contributed by atoms with van der Waals surface area (Å²) < 4.78 is 10.4. The Balaban J connectivity index is 1.71. The first-order valence-corrected chi connectivity index (χ1v) is 10.8. The van der Waals surface area contributed by atoms with Gasteiger partial charge in [0, 0.05) is 16.8 Å². The molecule has 0 aliphatic rings. The van der Waals surface area contributed by atoms with Crippen molar-refractivity contribution in [3.05, 3.63) is 94.5 Å². The number of carbonyl (C=O) groups excluding carboxylic acids is 3. The molecule has 1 amide bonds. The minimum absolute atomic E-state index is 0.106. The number of ether oxygens (including phenoxy) is 2. The van der Waals surface area contributed by atoms with Gasteiger partial charge in [0.1, 0.15) is 5.75 Å². The molecular weight excluding hydrogens is 418 g/mol. The average Bonchev–Trinajstić information content (AvgIpc) is 2.87. The molecular formula is C27H27NO5. The summed E-state index contributed by atoms with van der Waals surface area (Å²) in [4.78, 5) is 38.2. The number of para-hydroxylation sites is 1. The van der Waals surface area contributed by atoms with E-state index < -0.39 is 18.5 Å². The number of hydrogen-bond acceptors (Lipinski definition) is 5. The summed E-state index contributed by atoms with van der Waals surface area (Å²) in [5.74, 6) is -0.861. The molecule has 0 radical (unpaired) electrons. The Hall–Kier alpha value is -3.93. The Bertz CT molecular complexity index is 1130. The molecule has 0 saturated heterocycles. The lowest BCUT2D eigenvalue weighted by Gasteiger charge is -2.14. The molecule has 0 aromatic heterocycles. The number of carbonyl (C=O) groups is 3. The maximum Gasteiger partial charge on any atom is 0.339 e. The van der Waals surface area contributed by atoms with Gasteiger partial charge in [-0.1, -0.05) is 50.2 Å². The Morgan fingerprint density at radius 3 is 1.97 bits per heavy atom. The molecule has 0 saturated carbocycles. The van der Waals surface area contributed by atoms with Crippen molar-refractivity contribution in [2.45, 2.75) is 26.7 Å². The minimum atomic E-state index is -0.734. The van der Waals surface area contributed by atoms with Crippen LogP contribution in [0, 0.1) is 0 Å². The molecule has 3 aromatic carbocycles. The van der Waals surface area contributed by atoms with Gasteiger partial charge in [-0.3, -0.25) is 9.59 Å². The van der Waals surface area contributed by atoms with E-state index in [1.807, 2.05) is 32.0 Å². The predicted molar refractivity (Wildman–Crippen MR) is 127 cm³/mol. The second kappa shape index (κ2) is 11.1. The first-order valence-electron chi connectivity index (χ1n) is 10.8. The van der Waals surface area contributed by atoms with Crippen molar-refractivity contribution >= 4 is 23.3 Å². The highest BCUT2D eigenvalue weighted by Crippen LogP contribution is 2.23. The third-order valence-electron chi connectivity index (χ3n) is 5.34. The third kappa shape index (κ3) is 5.66. The van der Waals surface area contributed by atoms with Crippen LogP contribution in [0.25, 0.3) is 0 Å². The van der Waals surface area contributed by atoms with Gasteiger partial charge in [-0.2, -0.15) is 0 Å². The Morgan fingerprint density at radius 2 is 1.39 bits per heavy atom. The zero-order valence-corrected chi connectivity index (χ0v) is 19.0. The highest BCUT2D eigenvalue weighted by molar-refractivity contribution is 6.14. The summed E-state index contributed by atoms with van der Waals surface area (Å²) in [6.07, 6.45) is 1.54. The van der Waals surface area contributed by atoms with E-state index in [1.54, 1.807) is 49.6 Å². The van der Waals surface area contributed by atoms with E-state index in [1.165, 1.54) is 6.07 Å². The van der Waals surface area contributed by atoms with E-state index in [2.05, 4.69) is 5.32 Å². The molecule has 3 rings (SSSR count). The van der Waals surface area contributed by atoms with E-state index >= 15 is 0 Å².